The van der Waals surface area contributed by atoms with Crippen molar-refractivity contribution in [3.63, 3.8) is 0 Å². The number of Topliss-reactive ketones (excluding diaryl/α,β-unsaturated/α-hetero) is 1. The first kappa shape index (κ1) is 22.8. The van der Waals surface area contributed by atoms with E-state index >= 15 is 0 Å². The van der Waals surface area contributed by atoms with Crippen LogP contribution in [0, 0.1) is 5.92 Å². The molecule has 164 valence electrons. The van der Waals surface area contributed by atoms with E-state index in [0.717, 1.165) is 10.1 Å². The smallest absolute Gasteiger partial charge is 0.332 e. The van der Waals surface area contributed by atoms with E-state index in [2.05, 4.69) is 15.5 Å². The van der Waals surface area contributed by atoms with Crippen molar-refractivity contribution in [3.8, 4) is 0 Å². The Morgan fingerprint density at radius 3 is 2.61 bits per heavy atom. The number of hydrogen-bond acceptors (Lipinski definition) is 9. The fourth-order valence-electron chi connectivity index (χ4n) is 2.90. The highest BCUT2D eigenvalue weighted by atomic mass is 32.2. The standard InChI is InChI=1S/C20H24N6O3S2/c1-12(2)10-26-16(21)15(17(28)25(3)20(26)29)14(27)11-30-19-24-23-18(31-19)22-9-13-7-5-4-6-8-13/h4-8,12H,9-11,21H2,1-3H3,(H,22,23). The number of nitrogens with zero attached hydrogens (tertiary/aromatic N) is 4. The molecule has 0 spiro atoms. The molecule has 9 nitrogen and oxygen atoms in total. The molecule has 0 bridgehead atoms. The van der Waals surface area contributed by atoms with Crippen LogP contribution in [-0.2, 0) is 20.1 Å². The van der Waals surface area contributed by atoms with Crippen LogP contribution in [0.15, 0.2) is 44.3 Å². The Morgan fingerprint density at radius 1 is 1.23 bits per heavy atom. The van der Waals surface area contributed by atoms with Gasteiger partial charge in [0.2, 0.25) is 5.13 Å². The number of ketones is 1. The predicted molar refractivity (Wildman–Crippen MR) is 124 cm³/mol. The van der Waals surface area contributed by atoms with Crippen LogP contribution in [0.5, 0.6) is 0 Å². The van der Waals surface area contributed by atoms with Crippen molar-refractivity contribution >= 4 is 39.8 Å². The number of benzene rings is 1. The van der Waals surface area contributed by atoms with Crippen molar-refractivity contribution in [1.29, 1.82) is 0 Å². The van der Waals surface area contributed by atoms with E-state index in [-0.39, 0.29) is 23.1 Å². The molecule has 2 heterocycles. The van der Waals surface area contributed by atoms with Crippen molar-refractivity contribution in [3.05, 3.63) is 62.3 Å². The number of aromatic nitrogens is 4. The van der Waals surface area contributed by atoms with E-state index in [1.807, 2.05) is 44.2 Å². The van der Waals surface area contributed by atoms with Gasteiger partial charge < -0.3 is 11.1 Å². The molecule has 0 amide bonds. The maximum Gasteiger partial charge on any atom is 0.332 e. The summed E-state index contributed by atoms with van der Waals surface area (Å²) in [5.41, 5.74) is 5.79. The quantitative estimate of drug-likeness (QED) is 0.368. The number of carbonyl (C=O) groups excluding carboxylic acids is 1. The van der Waals surface area contributed by atoms with Crippen LogP contribution in [-0.4, -0.2) is 30.9 Å². The van der Waals surface area contributed by atoms with Gasteiger partial charge in [0, 0.05) is 20.1 Å². The third-order valence-corrected chi connectivity index (χ3v) is 6.44. The van der Waals surface area contributed by atoms with Gasteiger partial charge in [-0.3, -0.25) is 18.7 Å². The third kappa shape index (κ3) is 5.42. The van der Waals surface area contributed by atoms with Gasteiger partial charge in [-0.1, -0.05) is 67.3 Å². The highest BCUT2D eigenvalue weighted by Gasteiger charge is 2.22. The van der Waals surface area contributed by atoms with Crippen molar-refractivity contribution < 1.29 is 4.79 Å². The molecular formula is C20H24N6O3S2. The predicted octanol–water partition coefficient (Wildman–Crippen LogP) is 2.22. The van der Waals surface area contributed by atoms with Gasteiger partial charge in [0.25, 0.3) is 5.56 Å². The summed E-state index contributed by atoms with van der Waals surface area (Å²) >= 11 is 2.50. The molecular weight excluding hydrogens is 436 g/mol. The fraction of sp³-hybridized carbons (Fsp3) is 0.350. The van der Waals surface area contributed by atoms with Gasteiger partial charge in [0.1, 0.15) is 11.4 Å². The fourth-order valence-corrected chi connectivity index (χ4v) is 4.52. The Morgan fingerprint density at radius 2 is 1.94 bits per heavy atom. The maximum atomic E-state index is 12.8. The molecule has 0 atom stereocenters. The van der Waals surface area contributed by atoms with Crippen molar-refractivity contribution in [1.82, 2.24) is 19.3 Å². The minimum atomic E-state index is -0.685. The number of hydrogen-bond donors (Lipinski definition) is 2. The molecule has 3 rings (SSSR count). The highest BCUT2D eigenvalue weighted by molar-refractivity contribution is 8.01. The van der Waals surface area contributed by atoms with Crippen molar-refractivity contribution in [2.75, 3.05) is 16.8 Å². The minimum absolute atomic E-state index is 0.0351. The third-order valence-electron chi connectivity index (χ3n) is 4.43. The number of anilines is 2. The van der Waals surface area contributed by atoms with Crippen LogP contribution in [0.1, 0.15) is 29.8 Å². The zero-order valence-corrected chi connectivity index (χ0v) is 19.1. The number of rotatable bonds is 9. The Labute approximate surface area is 187 Å². The Kier molecular flexibility index (Phi) is 7.29. The highest BCUT2D eigenvalue weighted by Crippen LogP contribution is 2.26. The van der Waals surface area contributed by atoms with E-state index < -0.39 is 17.0 Å². The molecule has 0 aliphatic carbocycles. The topological polar surface area (TPSA) is 125 Å². The summed E-state index contributed by atoms with van der Waals surface area (Å²) in [5, 5.41) is 12.0. The summed E-state index contributed by atoms with van der Waals surface area (Å²) < 4.78 is 2.79. The molecule has 11 heteroatoms. The normalized spacial score (nSPS) is 11.1. The second kappa shape index (κ2) is 9.92. The maximum absolute atomic E-state index is 12.8. The number of nitrogen functional groups attached to an aromatic ring is 1. The number of nitrogens with one attached hydrogen (secondary N) is 1. The average Bonchev–Trinajstić information content (AvgIpc) is 3.21. The lowest BCUT2D eigenvalue weighted by molar-refractivity contribution is 0.102. The van der Waals surface area contributed by atoms with E-state index in [4.69, 9.17) is 5.73 Å². The van der Waals surface area contributed by atoms with Gasteiger partial charge in [-0.15, -0.1) is 10.2 Å². The lowest BCUT2D eigenvalue weighted by Gasteiger charge is -2.15. The van der Waals surface area contributed by atoms with Crippen LogP contribution in [0.2, 0.25) is 0 Å². The van der Waals surface area contributed by atoms with Gasteiger partial charge in [-0.05, 0) is 11.5 Å². The Bertz CT molecular complexity index is 1180. The number of thioether (sulfide) groups is 1. The zero-order valence-electron chi connectivity index (χ0n) is 17.5. The van der Waals surface area contributed by atoms with Crippen LogP contribution < -0.4 is 22.3 Å². The first-order valence-corrected chi connectivity index (χ1v) is 11.4. The van der Waals surface area contributed by atoms with Gasteiger partial charge in [0.15, 0.2) is 10.1 Å². The van der Waals surface area contributed by atoms with E-state index in [1.165, 1.54) is 34.7 Å². The zero-order chi connectivity index (χ0) is 22.5. The summed E-state index contributed by atoms with van der Waals surface area (Å²) in [4.78, 5) is 37.7. The lowest BCUT2D eigenvalue weighted by Crippen LogP contribution is -2.43. The van der Waals surface area contributed by atoms with E-state index in [1.54, 1.807) is 0 Å². The van der Waals surface area contributed by atoms with Crippen LogP contribution in [0.3, 0.4) is 0 Å². The van der Waals surface area contributed by atoms with Gasteiger partial charge >= 0.3 is 5.69 Å². The van der Waals surface area contributed by atoms with E-state index in [0.29, 0.717) is 22.6 Å². The van der Waals surface area contributed by atoms with Gasteiger partial charge in [0.05, 0.1) is 5.75 Å². The van der Waals surface area contributed by atoms with Gasteiger partial charge in [-0.25, -0.2) is 4.79 Å². The van der Waals surface area contributed by atoms with Gasteiger partial charge in [-0.2, -0.15) is 0 Å². The Balaban J connectivity index is 1.70. The van der Waals surface area contributed by atoms with Crippen molar-refractivity contribution in [2.24, 2.45) is 13.0 Å². The van der Waals surface area contributed by atoms with Crippen LogP contribution in [0.25, 0.3) is 0 Å². The SMILES string of the molecule is CC(C)Cn1c(N)c(C(=O)CSc2nnc(NCc3ccccc3)s2)c(=O)n(C)c1=O. The summed E-state index contributed by atoms with van der Waals surface area (Å²) in [6.07, 6.45) is 0. The molecule has 0 saturated carbocycles. The Hall–Kier alpha value is -2.92. The molecule has 0 aliphatic rings. The molecule has 0 radical (unpaired) electrons. The molecule has 3 N–H and O–H groups in total. The number of nitrogens with two attached hydrogens (primary N) is 1. The molecule has 3 aromatic rings. The van der Waals surface area contributed by atoms with Crippen molar-refractivity contribution in [2.45, 2.75) is 31.3 Å². The van der Waals surface area contributed by atoms with E-state index in [9.17, 15) is 14.4 Å². The second-order valence-corrected chi connectivity index (χ2v) is 9.54. The first-order chi connectivity index (χ1) is 14.8. The summed E-state index contributed by atoms with van der Waals surface area (Å²) in [5.74, 6) is -0.449. The summed E-state index contributed by atoms with van der Waals surface area (Å²) in [6, 6.07) is 9.89. The minimum Gasteiger partial charge on any atom is -0.384 e. The molecule has 0 fully saturated rings. The monoisotopic (exact) mass is 460 g/mol. The largest absolute Gasteiger partial charge is 0.384 e. The lowest BCUT2D eigenvalue weighted by atomic mass is 10.2. The summed E-state index contributed by atoms with van der Waals surface area (Å²) in [7, 11) is 1.35. The molecule has 1 aromatic carbocycles. The molecule has 0 aliphatic heterocycles. The second-order valence-electron chi connectivity index (χ2n) is 7.34. The molecule has 31 heavy (non-hydrogen) atoms. The molecule has 2 aromatic heterocycles. The number of carbonyl (C=O) groups is 1. The van der Waals surface area contributed by atoms with Crippen LogP contribution >= 0.6 is 23.1 Å². The average molecular weight is 461 g/mol. The van der Waals surface area contributed by atoms with Crippen LogP contribution in [0.4, 0.5) is 10.9 Å². The first-order valence-electron chi connectivity index (χ1n) is 9.64. The molecule has 0 saturated heterocycles. The summed E-state index contributed by atoms with van der Waals surface area (Å²) in [6.45, 7) is 4.78. The molecule has 0 unspecified atom stereocenters.